The number of aryl methyl sites for hydroxylation is 1. The van der Waals surface area contributed by atoms with Gasteiger partial charge < -0.3 is 0 Å². The monoisotopic (exact) mass is 375 g/mol. The van der Waals surface area contributed by atoms with Gasteiger partial charge >= 0.3 is 0 Å². The zero-order valence-corrected chi connectivity index (χ0v) is 15.6. The molecule has 1 aromatic heterocycles. The highest BCUT2D eigenvalue weighted by Gasteiger charge is 2.18. The van der Waals surface area contributed by atoms with Gasteiger partial charge in [-0.2, -0.15) is 0 Å². The zero-order chi connectivity index (χ0) is 18.2. The fraction of sp³-hybridized carbons (Fsp3) is 0.176. The predicted molar refractivity (Wildman–Crippen MR) is 99.6 cm³/mol. The van der Waals surface area contributed by atoms with Gasteiger partial charge in [-0.25, -0.2) is 17.7 Å². The Labute approximate surface area is 150 Å². The number of carbonyl (C=O) groups excluding carboxylic acids is 1. The number of nitrogens with zero attached hydrogens (tertiary/aromatic N) is 2. The van der Waals surface area contributed by atoms with Crippen LogP contribution in [0, 0.1) is 6.92 Å². The second-order valence-corrected chi connectivity index (χ2v) is 8.94. The molecule has 130 valence electrons. The van der Waals surface area contributed by atoms with E-state index >= 15 is 0 Å². The average Bonchev–Trinajstić information content (AvgIpc) is 2.96. The number of sulfonamides is 1. The molecule has 0 unspecified atom stereocenters. The van der Waals surface area contributed by atoms with Crippen LogP contribution in [0.15, 0.2) is 47.4 Å². The van der Waals surface area contributed by atoms with Crippen LogP contribution >= 0.6 is 11.3 Å². The topological polar surface area (TPSA) is 79.4 Å². The van der Waals surface area contributed by atoms with Crippen LogP contribution in [0.1, 0.15) is 15.9 Å². The molecule has 0 fully saturated rings. The number of hydrogen-bond acceptors (Lipinski definition) is 5. The first kappa shape index (κ1) is 17.5. The molecule has 3 rings (SSSR count). The van der Waals surface area contributed by atoms with Crippen LogP contribution in [0.2, 0.25) is 0 Å². The van der Waals surface area contributed by atoms with Gasteiger partial charge in [0.2, 0.25) is 10.0 Å². The molecular formula is C17H17N3O3S2. The summed E-state index contributed by atoms with van der Waals surface area (Å²) in [5.41, 5.74) is 2.26. The summed E-state index contributed by atoms with van der Waals surface area (Å²) in [6, 6.07) is 12.0. The molecule has 0 saturated heterocycles. The van der Waals surface area contributed by atoms with E-state index in [9.17, 15) is 13.2 Å². The van der Waals surface area contributed by atoms with Crippen molar-refractivity contribution in [2.24, 2.45) is 0 Å². The molecule has 0 aliphatic rings. The molecule has 3 aromatic rings. The minimum Gasteiger partial charge on any atom is -0.298 e. The average molecular weight is 375 g/mol. The molecule has 2 aromatic carbocycles. The standard InChI is InChI=1S/C17H17N3O3S2/c1-11-4-6-12(7-5-11)16(21)19-17-18-14-9-8-13(10-15(14)24-17)25(22,23)20(2)3/h4-10H,1-3H3,(H,18,19,21). The van der Waals surface area contributed by atoms with Crippen molar-refractivity contribution in [2.75, 3.05) is 19.4 Å². The largest absolute Gasteiger partial charge is 0.298 e. The van der Waals surface area contributed by atoms with E-state index in [0.29, 0.717) is 20.9 Å². The third-order valence-corrected chi connectivity index (χ3v) is 6.42. The Morgan fingerprint density at radius 3 is 2.44 bits per heavy atom. The molecule has 0 radical (unpaired) electrons. The number of aromatic nitrogens is 1. The number of carbonyl (C=O) groups is 1. The first-order chi connectivity index (χ1) is 11.8. The lowest BCUT2D eigenvalue weighted by molar-refractivity contribution is 0.102. The first-order valence-corrected chi connectivity index (χ1v) is 9.74. The van der Waals surface area contributed by atoms with Crippen molar-refractivity contribution in [3.8, 4) is 0 Å². The predicted octanol–water partition coefficient (Wildman–Crippen LogP) is 3.11. The summed E-state index contributed by atoms with van der Waals surface area (Å²) in [5.74, 6) is -0.250. The molecule has 0 spiro atoms. The summed E-state index contributed by atoms with van der Waals surface area (Å²) < 4.78 is 26.3. The van der Waals surface area contributed by atoms with Crippen molar-refractivity contribution in [3.63, 3.8) is 0 Å². The second kappa shape index (κ2) is 6.55. The van der Waals surface area contributed by atoms with E-state index in [4.69, 9.17) is 0 Å². The molecule has 0 aliphatic carbocycles. The maximum atomic E-state index is 12.3. The number of benzene rings is 2. The lowest BCUT2D eigenvalue weighted by Crippen LogP contribution is -2.22. The summed E-state index contributed by atoms with van der Waals surface area (Å²) in [5, 5.41) is 3.19. The molecule has 0 bridgehead atoms. The highest BCUT2D eigenvalue weighted by Crippen LogP contribution is 2.29. The Morgan fingerprint density at radius 2 is 1.80 bits per heavy atom. The Bertz CT molecular complexity index is 1040. The Hall–Kier alpha value is -2.29. The summed E-state index contributed by atoms with van der Waals surface area (Å²) in [6.07, 6.45) is 0. The first-order valence-electron chi connectivity index (χ1n) is 7.48. The highest BCUT2D eigenvalue weighted by atomic mass is 32.2. The van der Waals surface area contributed by atoms with Gasteiger partial charge in [0, 0.05) is 19.7 Å². The second-order valence-electron chi connectivity index (χ2n) is 5.76. The molecule has 1 amide bonds. The van der Waals surface area contributed by atoms with Gasteiger partial charge in [-0.05, 0) is 37.3 Å². The molecule has 6 nitrogen and oxygen atoms in total. The van der Waals surface area contributed by atoms with Crippen LogP contribution in [0.25, 0.3) is 10.2 Å². The van der Waals surface area contributed by atoms with Gasteiger partial charge in [-0.1, -0.05) is 29.0 Å². The fourth-order valence-electron chi connectivity index (χ4n) is 2.20. The van der Waals surface area contributed by atoms with Crippen LogP contribution < -0.4 is 5.32 Å². The number of rotatable bonds is 4. The normalized spacial score (nSPS) is 11.8. The smallest absolute Gasteiger partial charge is 0.257 e. The molecule has 1 N–H and O–H groups in total. The fourth-order valence-corrected chi connectivity index (χ4v) is 4.11. The van der Waals surface area contributed by atoms with Gasteiger partial charge in [-0.15, -0.1) is 0 Å². The maximum Gasteiger partial charge on any atom is 0.257 e. The summed E-state index contributed by atoms with van der Waals surface area (Å²) >= 11 is 1.24. The quantitative estimate of drug-likeness (QED) is 0.760. The van der Waals surface area contributed by atoms with Crippen molar-refractivity contribution < 1.29 is 13.2 Å². The van der Waals surface area contributed by atoms with E-state index in [-0.39, 0.29) is 10.8 Å². The molecule has 8 heteroatoms. The highest BCUT2D eigenvalue weighted by molar-refractivity contribution is 7.89. The molecule has 0 aliphatic heterocycles. The number of thiazole rings is 1. The lowest BCUT2D eigenvalue weighted by Gasteiger charge is -2.10. The lowest BCUT2D eigenvalue weighted by atomic mass is 10.1. The third kappa shape index (κ3) is 3.55. The Balaban J connectivity index is 1.89. The molecule has 1 heterocycles. The van der Waals surface area contributed by atoms with E-state index in [1.165, 1.54) is 31.5 Å². The van der Waals surface area contributed by atoms with Crippen LogP contribution in [-0.2, 0) is 10.0 Å². The van der Waals surface area contributed by atoms with Crippen molar-refractivity contribution in [3.05, 3.63) is 53.6 Å². The summed E-state index contributed by atoms with van der Waals surface area (Å²) in [6.45, 7) is 1.95. The van der Waals surface area contributed by atoms with Crippen LogP contribution in [-0.4, -0.2) is 37.7 Å². The van der Waals surface area contributed by atoms with Crippen LogP contribution in [0.5, 0.6) is 0 Å². The molecule has 0 atom stereocenters. The van der Waals surface area contributed by atoms with Crippen LogP contribution in [0.3, 0.4) is 0 Å². The third-order valence-electron chi connectivity index (χ3n) is 3.67. The maximum absolute atomic E-state index is 12.3. The van der Waals surface area contributed by atoms with Crippen LogP contribution in [0.4, 0.5) is 5.13 Å². The Morgan fingerprint density at radius 1 is 1.12 bits per heavy atom. The summed E-state index contributed by atoms with van der Waals surface area (Å²) in [4.78, 5) is 16.8. The van der Waals surface area contributed by atoms with E-state index in [1.807, 2.05) is 19.1 Å². The number of anilines is 1. The van der Waals surface area contributed by atoms with Gasteiger partial charge in [0.25, 0.3) is 5.91 Å². The molecular weight excluding hydrogens is 358 g/mol. The van der Waals surface area contributed by atoms with Gasteiger partial charge in [0.15, 0.2) is 5.13 Å². The van der Waals surface area contributed by atoms with Gasteiger partial charge in [0.1, 0.15) is 0 Å². The van der Waals surface area contributed by atoms with Crippen molar-refractivity contribution in [2.45, 2.75) is 11.8 Å². The van der Waals surface area contributed by atoms with Gasteiger partial charge in [-0.3, -0.25) is 10.1 Å². The number of amides is 1. The minimum absolute atomic E-state index is 0.199. The van der Waals surface area contributed by atoms with E-state index in [0.717, 1.165) is 9.87 Å². The van der Waals surface area contributed by atoms with E-state index < -0.39 is 10.0 Å². The van der Waals surface area contributed by atoms with Crippen molar-refractivity contribution in [1.29, 1.82) is 0 Å². The van der Waals surface area contributed by atoms with Crippen molar-refractivity contribution in [1.82, 2.24) is 9.29 Å². The number of fused-ring (bicyclic) bond motifs is 1. The zero-order valence-electron chi connectivity index (χ0n) is 14.0. The minimum atomic E-state index is -3.50. The van der Waals surface area contributed by atoms with Crippen molar-refractivity contribution >= 4 is 42.6 Å². The number of hydrogen-bond donors (Lipinski definition) is 1. The van der Waals surface area contributed by atoms with E-state index in [2.05, 4.69) is 10.3 Å². The summed E-state index contributed by atoms with van der Waals surface area (Å²) in [7, 11) is -0.533. The SMILES string of the molecule is Cc1ccc(C(=O)Nc2nc3ccc(S(=O)(=O)N(C)C)cc3s2)cc1. The number of nitrogens with one attached hydrogen (secondary N) is 1. The molecule has 25 heavy (non-hydrogen) atoms. The van der Waals surface area contributed by atoms with E-state index in [1.54, 1.807) is 24.3 Å². The Kier molecular flexibility index (Phi) is 4.59. The molecule has 0 saturated carbocycles. The van der Waals surface area contributed by atoms with Gasteiger partial charge in [0.05, 0.1) is 15.1 Å².